The van der Waals surface area contributed by atoms with Crippen molar-refractivity contribution in [3.8, 4) is 5.75 Å². The Morgan fingerprint density at radius 1 is 1.41 bits per heavy atom. The van der Waals surface area contributed by atoms with Crippen LogP contribution in [0.5, 0.6) is 5.75 Å². The van der Waals surface area contributed by atoms with E-state index >= 15 is 0 Å². The van der Waals surface area contributed by atoms with E-state index < -0.39 is 15.6 Å². The van der Waals surface area contributed by atoms with Gasteiger partial charge in [-0.05, 0) is 47.3 Å². The van der Waals surface area contributed by atoms with Gasteiger partial charge < -0.3 is 4.18 Å². The van der Waals surface area contributed by atoms with Gasteiger partial charge in [-0.2, -0.15) is 21.6 Å². The molecule has 0 amide bonds. The van der Waals surface area contributed by atoms with Crippen molar-refractivity contribution < 1.29 is 25.8 Å². The zero-order chi connectivity index (χ0) is 16.3. The summed E-state index contributed by atoms with van der Waals surface area (Å²) in [6.07, 6.45) is 2.09. The molecule has 0 unspecified atom stereocenters. The van der Waals surface area contributed by atoms with Crippen molar-refractivity contribution in [1.29, 1.82) is 0 Å². The van der Waals surface area contributed by atoms with Crippen LogP contribution < -0.4 is 4.18 Å². The Labute approximate surface area is 136 Å². The molecule has 1 heterocycles. The Morgan fingerprint density at radius 3 is 2.59 bits per heavy atom. The fourth-order valence-electron chi connectivity index (χ4n) is 1.92. The van der Waals surface area contributed by atoms with Gasteiger partial charge in [-0.1, -0.05) is 0 Å². The fraction of sp³-hybridized carbons (Fsp3) is 0.417. The second-order valence-electron chi connectivity index (χ2n) is 4.99. The van der Waals surface area contributed by atoms with E-state index in [-0.39, 0.29) is 15.8 Å². The van der Waals surface area contributed by atoms with Crippen LogP contribution in [0, 0.1) is 6.92 Å². The number of halogens is 4. The topological polar surface area (TPSA) is 56.3 Å². The van der Waals surface area contributed by atoms with E-state index in [2.05, 4.69) is 25.1 Å². The number of benzene rings is 1. The van der Waals surface area contributed by atoms with Crippen molar-refractivity contribution in [2.24, 2.45) is 0 Å². The highest BCUT2D eigenvalue weighted by atomic mass is 79.9. The molecule has 4 nitrogen and oxygen atoms in total. The summed E-state index contributed by atoms with van der Waals surface area (Å²) in [6, 6.07) is 1.53. The number of alkyl halides is 3. The number of thiazole rings is 1. The number of nitrogens with zero attached hydrogens (tertiary/aromatic N) is 1. The molecule has 0 radical (unpaired) electrons. The average molecular weight is 416 g/mol. The van der Waals surface area contributed by atoms with Crippen LogP contribution in [-0.2, 0) is 10.1 Å². The van der Waals surface area contributed by atoms with Crippen molar-refractivity contribution in [2.75, 3.05) is 0 Å². The molecule has 1 aromatic carbocycles. The van der Waals surface area contributed by atoms with Crippen LogP contribution in [0.25, 0.3) is 10.2 Å². The van der Waals surface area contributed by atoms with Crippen LogP contribution in [0.15, 0.2) is 10.5 Å². The molecule has 0 atom stereocenters. The van der Waals surface area contributed by atoms with Gasteiger partial charge in [-0.25, -0.2) is 4.98 Å². The fourth-order valence-corrected chi connectivity index (χ4v) is 4.54. The van der Waals surface area contributed by atoms with Gasteiger partial charge in [0.1, 0.15) is 0 Å². The first-order chi connectivity index (χ1) is 10.1. The smallest absolute Gasteiger partial charge is 0.374 e. The number of hydrogen-bond acceptors (Lipinski definition) is 5. The summed E-state index contributed by atoms with van der Waals surface area (Å²) >= 11 is 4.49. The summed E-state index contributed by atoms with van der Waals surface area (Å²) in [6.45, 7) is 1.47. The largest absolute Gasteiger partial charge is 0.534 e. The van der Waals surface area contributed by atoms with Gasteiger partial charge in [0.05, 0.1) is 19.7 Å². The molecule has 0 spiro atoms. The maximum atomic E-state index is 12.5. The van der Waals surface area contributed by atoms with Gasteiger partial charge in [0.15, 0.2) is 5.75 Å². The number of fused-ring (bicyclic) bond motifs is 1. The highest BCUT2D eigenvalue weighted by Crippen LogP contribution is 2.47. The van der Waals surface area contributed by atoms with Gasteiger partial charge in [0.2, 0.25) is 0 Å². The lowest BCUT2D eigenvalue weighted by Gasteiger charge is -2.13. The summed E-state index contributed by atoms with van der Waals surface area (Å²) in [7, 11) is -5.71. The van der Waals surface area contributed by atoms with Gasteiger partial charge in [-0.3, -0.25) is 0 Å². The van der Waals surface area contributed by atoms with E-state index in [4.69, 9.17) is 0 Å². The Hall–Kier alpha value is -0.870. The minimum atomic E-state index is -5.71. The molecule has 120 valence electrons. The van der Waals surface area contributed by atoms with E-state index in [1.54, 1.807) is 0 Å². The zero-order valence-electron chi connectivity index (χ0n) is 11.1. The monoisotopic (exact) mass is 415 g/mol. The molecule has 10 heteroatoms. The first kappa shape index (κ1) is 16.0. The molecule has 0 aliphatic heterocycles. The van der Waals surface area contributed by atoms with E-state index in [0.717, 1.165) is 17.8 Å². The van der Waals surface area contributed by atoms with Crippen LogP contribution in [0.3, 0.4) is 0 Å². The quantitative estimate of drug-likeness (QED) is 0.547. The van der Waals surface area contributed by atoms with E-state index in [1.165, 1.54) is 24.3 Å². The number of rotatable bonds is 3. The van der Waals surface area contributed by atoms with Gasteiger partial charge in [-0.15, -0.1) is 11.3 Å². The normalized spacial score (nSPS) is 16.2. The van der Waals surface area contributed by atoms with Gasteiger partial charge in [0, 0.05) is 5.92 Å². The SMILES string of the molecule is Cc1cc2nc(C3CC3)sc2c(Br)c1OS(=O)(=O)C(F)(F)F. The minimum absolute atomic E-state index is 0.180. The molecular weight excluding hydrogens is 407 g/mol. The molecule has 1 saturated carbocycles. The van der Waals surface area contributed by atoms with Crippen LogP contribution in [0.4, 0.5) is 13.2 Å². The van der Waals surface area contributed by atoms with Crippen molar-refractivity contribution in [3.05, 3.63) is 21.1 Å². The third-order valence-electron chi connectivity index (χ3n) is 3.18. The molecule has 0 saturated heterocycles. The predicted octanol–water partition coefficient (Wildman–Crippen LogP) is 4.47. The van der Waals surface area contributed by atoms with Crippen LogP contribution in [0.1, 0.15) is 29.3 Å². The van der Waals surface area contributed by atoms with Crippen LogP contribution >= 0.6 is 27.3 Å². The van der Waals surface area contributed by atoms with Gasteiger partial charge >= 0.3 is 15.6 Å². The lowest BCUT2D eigenvalue weighted by Crippen LogP contribution is -2.28. The summed E-state index contributed by atoms with van der Waals surface area (Å²) in [4.78, 5) is 4.44. The molecule has 0 bridgehead atoms. The Morgan fingerprint density at radius 2 is 2.05 bits per heavy atom. The lowest BCUT2D eigenvalue weighted by molar-refractivity contribution is -0.0500. The molecule has 1 fully saturated rings. The van der Waals surface area contributed by atoms with Crippen molar-refractivity contribution in [3.63, 3.8) is 0 Å². The first-order valence-corrected chi connectivity index (χ1v) is 9.22. The molecule has 1 aliphatic carbocycles. The highest BCUT2D eigenvalue weighted by Gasteiger charge is 2.49. The molecule has 1 aliphatic rings. The minimum Gasteiger partial charge on any atom is -0.374 e. The summed E-state index contributed by atoms with van der Waals surface area (Å²) in [5.74, 6) is 0.0451. The number of hydrogen-bond donors (Lipinski definition) is 0. The standard InChI is InChI=1S/C12H9BrF3NO3S2/c1-5-4-7-10(21-11(17-7)6-2-3-6)8(13)9(5)20-22(18,19)12(14,15)16/h4,6H,2-3H2,1H3. The Balaban J connectivity index is 2.10. The zero-order valence-corrected chi connectivity index (χ0v) is 14.3. The van der Waals surface area contributed by atoms with E-state index in [0.29, 0.717) is 16.1 Å². The lowest BCUT2D eigenvalue weighted by atomic mass is 10.2. The summed E-state index contributed by atoms with van der Waals surface area (Å²) < 4.78 is 64.9. The van der Waals surface area contributed by atoms with Crippen molar-refractivity contribution in [1.82, 2.24) is 4.98 Å². The van der Waals surface area contributed by atoms with Crippen molar-refractivity contribution in [2.45, 2.75) is 31.2 Å². The molecule has 0 N–H and O–H groups in total. The molecule has 2 aromatic rings. The third kappa shape index (κ3) is 2.71. The van der Waals surface area contributed by atoms with Crippen LogP contribution in [-0.4, -0.2) is 18.9 Å². The predicted molar refractivity (Wildman–Crippen MR) is 79.6 cm³/mol. The highest BCUT2D eigenvalue weighted by molar-refractivity contribution is 9.10. The molecule has 3 rings (SSSR count). The maximum Gasteiger partial charge on any atom is 0.534 e. The molecule has 1 aromatic heterocycles. The maximum absolute atomic E-state index is 12.5. The summed E-state index contributed by atoms with van der Waals surface area (Å²) in [5, 5.41) is 0.908. The second-order valence-corrected chi connectivity index (χ2v) is 8.36. The third-order valence-corrected chi connectivity index (χ3v) is 6.41. The first-order valence-electron chi connectivity index (χ1n) is 6.20. The average Bonchev–Trinajstić information content (AvgIpc) is 3.14. The number of aromatic nitrogens is 1. The Bertz CT molecular complexity index is 857. The van der Waals surface area contributed by atoms with Crippen LogP contribution in [0.2, 0.25) is 0 Å². The second kappa shape index (κ2) is 5.07. The van der Waals surface area contributed by atoms with Crippen molar-refractivity contribution >= 4 is 47.6 Å². The summed E-state index contributed by atoms with van der Waals surface area (Å²) in [5.41, 5.74) is -4.59. The van der Waals surface area contributed by atoms with E-state index in [1.807, 2.05) is 0 Å². The molecular formula is C12H9BrF3NO3S2. The molecule has 22 heavy (non-hydrogen) atoms. The number of aryl methyl sites for hydroxylation is 1. The Kier molecular flexibility index (Phi) is 3.69. The van der Waals surface area contributed by atoms with Gasteiger partial charge in [0.25, 0.3) is 0 Å². The van der Waals surface area contributed by atoms with E-state index in [9.17, 15) is 21.6 Å².